The number of rotatable bonds is 10. The molecule has 1 amide bonds. The van der Waals surface area contributed by atoms with E-state index in [0.29, 0.717) is 19.7 Å². The molecule has 0 aliphatic rings. The highest BCUT2D eigenvalue weighted by atomic mass is 16.5. The van der Waals surface area contributed by atoms with E-state index in [1.54, 1.807) is 7.11 Å². The maximum Gasteiger partial charge on any atom is 0.237 e. The van der Waals surface area contributed by atoms with Crippen LogP contribution in [0, 0.1) is 5.41 Å². The molecular formula is C14H31N3O2. The summed E-state index contributed by atoms with van der Waals surface area (Å²) in [4.78, 5) is 14.3. The van der Waals surface area contributed by atoms with Gasteiger partial charge in [0, 0.05) is 20.2 Å². The molecule has 0 aromatic rings. The van der Waals surface area contributed by atoms with E-state index < -0.39 is 0 Å². The van der Waals surface area contributed by atoms with E-state index in [9.17, 15) is 4.79 Å². The first-order valence-corrected chi connectivity index (χ1v) is 7.08. The maximum absolute atomic E-state index is 12.1. The fraction of sp³-hybridized carbons (Fsp3) is 0.929. The number of nitrogens with one attached hydrogen (secondary N) is 1. The van der Waals surface area contributed by atoms with Gasteiger partial charge < -0.3 is 15.8 Å². The van der Waals surface area contributed by atoms with E-state index in [2.05, 4.69) is 31.0 Å². The van der Waals surface area contributed by atoms with Crippen molar-refractivity contribution < 1.29 is 9.53 Å². The van der Waals surface area contributed by atoms with Crippen molar-refractivity contribution in [3.8, 4) is 0 Å². The lowest BCUT2D eigenvalue weighted by molar-refractivity contribution is -0.126. The molecule has 114 valence electrons. The molecule has 5 heteroatoms. The molecule has 0 aromatic heterocycles. The zero-order valence-corrected chi connectivity index (χ0v) is 13.2. The van der Waals surface area contributed by atoms with Gasteiger partial charge in [-0.25, -0.2) is 0 Å². The Kier molecular flexibility index (Phi) is 8.97. The van der Waals surface area contributed by atoms with Crippen LogP contribution in [-0.4, -0.2) is 56.7 Å². The van der Waals surface area contributed by atoms with Crippen LogP contribution in [0.25, 0.3) is 0 Å². The molecule has 1 atom stereocenters. The van der Waals surface area contributed by atoms with Crippen molar-refractivity contribution in [2.45, 2.75) is 40.2 Å². The third kappa shape index (κ3) is 7.50. The molecule has 0 fully saturated rings. The first-order valence-electron chi connectivity index (χ1n) is 7.08. The molecule has 0 spiro atoms. The first-order chi connectivity index (χ1) is 8.87. The minimum absolute atomic E-state index is 0.0240. The number of methoxy groups -OCH3 is 1. The molecule has 0 bridgehead atoms. The highest BCUT2D eigenvalue weighted by Gasteiger charge is 2.26. The van der Waals surface area contributed by atoms with E-state index in [0.717, 1.165) is 19.5 Å². The summed E-state index contributed by atoms with van der Waals surface area (Å²) in [5.41, 5.74) is 5.81. The molecule has 0 aromatic carbocycles. The smallest absolute Gasteiger partial charge is 0.237 e. The summed E-state index contributed by atoms with van der Waals surface area (Å²) >= 11 is 0. The third-order valence-corrected chi connectivity index (χ3v) is 3.23. The molecular weight excluding hydrogens is 242 g/mol. The van der Waals surface area contributed by atoms with Gasteiger partial charge in [-0.3, -0.25) is 9.69 Å². The van der Waals surface area contributed by atoms with Crippen LogP contribution in [0.2, 0.25) is 0 Å². The first kappa shape index (κ1) is 18.4. The number of carbonyl (C=O) groups excluding carboxylic acids is 1. The number of hydrogen-bond donors (Lipinski definition) is 2. The predicted molar refractivity (Wildman–Crippen MR) is 79.0 cm³/mol. The van der Waals surface area contributed by atoms with Crippen molar-refractivity contribution in [3.63, 3.8) is 0 Å². The van der Waals surface area contributed by atoms with Gasteiger partial charge in [-0.1, -0.05) is 20.8 Å². The molecule has 0 heterocycles. The van der Waals surface area contributed by atoms with Gasteiger partial charge in [0.2, 0.25) is 5.91 Å². The van der Waals surface area contributed by atoms with Gasteiger partial charge in [0.25, 0.3) is 0 Å². The maximum atomic E-state index is 12.1. The fourth-order valence-corrected chi connectivity index (χ4v) is 1.90. The molecule has 3 N–H and O–H groups in total. The van der Waals surface area contributed by atoms with Crippen molar-refractivity contribution >= 4 is 5.91 Å². The molecule has 0 aliphatic heterocycles. The van der Waals surface area contributed by atoms with Crippen LogP contribution in [0.3, 0.4) is 0 Å². The van der Waals surface area contributed by atoms with Crippen LogP contribution in [0.15, 0.2) is 0 Å². The van der Waals surface area contributed by atoms with E-state index >= 15 is 0 Å². The SMILES string of the molecule is CCCN(CC(C)(C)CN)C(C)C(=O)NCCOC. The second-order valence-electron chi connectivity index (χ2n) is 5.80. The second kappa shape index (κ2) is 9.28. The van der Waals surface area contributed by atoms with Crippen LogP contribution in [0.5, 0.6) is 0 Å². The highest BCUT2D eigenvalue weighted by molar-refractivity contribution is 5.81. The van der Waals surface area contributed by atoms with Gasteiger partial charge in [-0.15, -0.1) is 0 Å². The highest BCUT2D eigenvalue weighted by Crippen LogP contribution is 2.17. The van der Waals surface area contributed by atoms with Gasteiger partial charge in [0.15, 0.2) is 0 Å². The number of nitrogens with zero attached hydrogens (tertiary/aromatic N) is 1. The molecule has 0 radical (unpaired) electrons. The van der Waals surface area contributed by atoms with Crippen LogP contribution < -0.4 is 11.1 Å². The Morgan fingerprint density at radius 3 is 2.58 bits per heavy atom. The number of carbonyl (C=O) groups is 1. The number of hydrogen-bond acceptors (Lipinski definition) is 4. The van der Waals surface area contributed by atoms with Crippen LogP contribution in [0.1, 0.15) is 34.1 Å². The molecule has 5 nitrogen and oxygen atoms in total. The number of ether oxygens (including phenoxy) is 1. The number of nitrogens with two attached hydrogens (primary N) is 1. The van der Waals surface area contributed by atoms with Crippen LogP contribution >= 0.6 is 0 Å². The van der Waals surface area contributed by atoms with E-state index in [1.807, 2.05) is 6.92 Å². The summed E-state index contributed by atoms with van der Waals surface area (Å²) in [6.07, 6.45) is 1.02. The quantitative estimate of drug-likeness (QED) is 0.579. The monoisotopic (exact) mass is 273 g/mol. The number of amides is 1. The summed E-state index contributed by atoms with van der Waals surface area (Å²) in [5, 5.41) is 2.89. The zero-order chi connectivity index (χ0) is 14.9. The normalized spacial score (nSPS) is 13.6. The Labute approximate surface area is 117 Å². The van der Waals surface area contributed by atoms with Crippen molar-refractivity contribution in [1.82, 2.24) is 10.2 Å². The summed E-state index contributed by atoms with van der Waals surface area (Å²) in [5.74, 6) is 0.0540. The van der Waals surface area contributed by atoms with Crippen LogP contribution in [-0.2, 0) is 9.53 Å². The van der Waals surface area contributed by atoms with Gasteiger partial charge in [0.05, 0.1) is 12.6 Å². The molecule has 0 saturated heterocycles. The van der Waals surface area contributed by atoms with E-state index in [4.69, 9.17) is 10.5 Å². The van der Waals surface area contributed by atoms with Crippen molar-refractivity contribution in [2.75, 3.05) is 39.9 Å². The third-order valence-electron chi connectivity index (χ3n) is 3.23. The lowest BCUT2D eigenvalue weighted by Gasteiger charge is -2.35. The van der Waals surface area contributed by atoms with Crippen molar-refractivity contribution in [3.05, 3.63) is 0 Å². The van der Waals surface area contributed by atoms with Crippen LogP contribution in [0.4, 0.5) is 0 Å². The zero-order valence-electron chi connectivity index (χ0n) is 13.2. The lowest BCUT2D eigenvalue weighted by Crippen LogP contribution is -2.50. The molecule has 0 rings (SSSR count). The Balaban J connectivity index is 4.46. The minimum atomic E-state index is -0.136. The molecule has 0 aliphatic carbocycles. The summed E-state index contributed by atoms with van der Waals surface area (Å²) in [6, 6.07) is -0.136. The summed E-state index contributed by atoms with van der Waals surface area (Å²) in [7, 11) is 1.63. The van der Waals surface area contributed by atoms with E-state index in [-0.39, 0.29) is 17.4 Å². The topological polar surface area (TPSA) is 67.6 Å². The molecule has 19 heavy (non-hydrogen) atoms. The van der Waals surface area contributed by atoms with Gasteiger partial charge in [0.1, 0.15) is 0 Å². The van der Waals surface area contributed by atoms with Crippen molar-refractivity contribution in [2.24, 2.45) is 11.1 Å². The average molecular weight is 273 g/mol. The lowest BCUT2D eigenvalue weighted by atomic mass is 9.92. The van der Waals surface area contributed by atoms with E-state index in [1.165, 1.54) is 0 Å². The predicted octanol–water partition coefficient (Wildman–Crippen LogP) is 0.834. The Morgan fingerprint density at radius 2 is 2.11 bits per heavy atom. The fourth-order valence-electron chi connectivity index (χ4n) is 1.90. The largest absolute Gasteiger partial charge is 0.383 e. The van der Waals surface area contributed by atoms with Crippen molar-refractivity contribution in [1.29, 1.82) is 0 Å². The summed E-state index contributed by atoms with van der Waals surface area (Å²) < 4.78 is 4.93. The average Bonchev–Trinajstić information content (AvgIpc) is 2.37. The standard InChI is InChI=1S/C14H31N3O2/c1-6-8-17(11-14(3,4)10-15)12(2)13(18)16-7-9-19-5/h12H,6-11,15H2,1-5H3,(H,16,18). The molecule has 1 unspecified atom stereocenters. The second-order valence-corrected chi connectivity index (χ2v) is 5.80. The Morgan fingerprint density at radius 1 is 1.47 bits per heavy atom. The molecule has 0 saturated carbocycles. The van der Waals surface area contributed by atoms with Gasteiger partial charge in [-0.05, 0) is 31.8 Å². The Bertz CT molecular complexity index is 257. The summed E-state index contributed by atoms with van der Waals surface area (Å²) in [6.45, 7) is 11.8. The minimum Gasteiger partial charge on any atom is -0.383 e. The van der Waals surface area contributed by atoms with Gasteiger partial charge >= 0.3 is 0 Å². The van der Waals surface area contributed by atoms with Gasteiger partial charge in [-0.2, -0.15) is 0 Å². The Hall–Kier alpha value is -0.650.